The molecule has 3 heterocycles. The zero-order valence-corrected chi connectivity index (χ0v) is 19.4. The summed E-state index contributed by atoms with van der Waals surface area (Å²) in [5, 5.41) is 2.79. The molecule has 34 heavy (non-hydrogen) atoms. The van der Waals surface area contributed by atoms with Crippen molar-refractivity contribution in [3.05, 3.63) is 86.7 Å². The van der Waals surface area contributed by atoms with Gasteiger partial charge in [-0.15, -0.1) is 0 Å². The van der Waals surface area contributed by atoms with Gasteiger partial charge in [-0.3, -0.25) is 14.2 Å². The molecule has 1 unspecified atom stereocenters. The number of carbonyl (C=O) groups excluding carboxylic acids is 1. The largest absolute Gasteiger partial charge is 0.464 e. The summed E-state index contributed by atoms with van der Waals surface area (Å²) in [7, 11) is 1.56. The van der Waals surface area contributed by atoms with Crippen molar-refractivity contribution in [2.75, 3.05) is 13.7 Å². The normalized spacial score (nSPS) is 12.2. The van der Waals surface area contributed by atoms with Gasteiger partial charge in [-0.05, 0) is 31.5 Å². The van der Waals surface area contributed by atoms with E-state index in [-0.39, 0.29) is 17.7 Å². The van der Waals surface area contributed by atoms with Gasteiger partial charge in [0.25, 0.3) is 5.56 Å². The van der Waals surface area contributed by atoms with Crippen LogP contribution in [0.1, 0.15) is 30.0 Å². The molecule has 178 valence electrons. The first kappa shape index (κ1) is 23.2. The molecule has 0 saturated carbocycles. The van der Waals surface area contributed by atoms with Crippen LogP contribution < -0.4 is 16.6 Å². The Morgan fingerprint density at radius 2 is 1.91 bits per heavy atom. The van der Waals surface area contributed by atoms with Crippen LogP contribution in [0.25, 0.3) is 11.2 Å². The second-order valence-electron chi connectivity index (χ2n) is 8.09. The van der Waals surface area contributed by atoms with E-state index in [2.05, 4.69) is 10.3 Å². The van der Waals surface area contributed by atoms with E-state index in [0.717, 1.165) is 15.9 Å². The number of rotatable bonds is 9. The number of aryl methyl sites for hydroxylation is 1. The van der Waals surface area contributed by atoms with E-state index in [0.29, 0.717) is 18.9 Å². The molecule has 0 fully saturated rings. The summed E-state index contributed by atoms with van der Waals surface area (Å²) in [6.07, 6.45) is 1.51. The van der Waals surface area contributed by atoms with Crippen molar-refractivity contribution in [1.29, 1.82) is 0 Å². The Morgan fingerprint density at radius 1 is 1.15 bits per heavy atom. The van der Waals surface area contributed by atoms with Gasteiger partial charge in [-0.25, -0.2) is 14.3 Å². The predicted molar refractivity (Wildman–Crippen MR) is 126 cm³/mol. The molecule has 0 spiro atoms. The summed E-state index contributed by atoms with van der Waals surface area (Å²) in [5.74, 6) is 0.841. The van der Waals surface area contributed by atoms with Crippen molar-refractivity contribution in [3.63, 3.8) is 0 Å². The van der Waals surface area contributed by atoms with Gasteiger partial charge >= 0.3 is 5.69 Å². The number of nitrogens with one attached hydrogen (secondary N) is 1. The molecular weight excluding hydrogens is 438 g/mol. The molecule has 1 atom stereocenters. The van der Waals surface area contributed by atoms with Crippen molar-refractivity contribution in [3.8, 4) is 0 Å². The SMILES string of the molecule is COCCn1cnc2c1c(=O)n(CC(=O)NC(C)c1ccc(C)o1)c(=O)n2Cc1ccccc1. The van der Waals surface area contributed by atoms with Crippen LogP contribution in [0.4, 0.5) is 0 Å². The Balaban J connectivity index is 1.73. The minimum absolute atomic E-state index is 0.210. The lowest BCUT2D eigenvalue weighted by molar-refractivity contribution is -0.122. The van der Waals surface area contributed by atoms with Crippen molar-refractivity contribution < 1.29 is 13.9 Å². The van der Waals surface area contributed by atoms with Gasteiger partial charge in [0.1, 0.15) is 18.1 Å². The average Bonchev–Trinajstić information content (AvgIpc) is 3.45. The maximum atomic E-state index is 13.4. The van der Waals surface area contributed by atoms with Gasteiger partial charge in [0.2, 0.25) is 5.91 Å². The summed E-state index contributed by atoms with van der Waals surface area (Å²) in [6.45, 7) is 4.11. The van der Waals surface area contributed by atoms with Crippen LogP contribution in [0.5, 0.6) is 0 Å². The smallest absolute Gasteiger partial charge is 0.333 e. The molecule has 0 saturated heterocycles. The van der Waals surface area contributed by atoms with Crippen molar-refractivity contribution in [2.45, 2.75) is 39.5 Å². The summed E-state index contributed by atoms with van der Waals surface area (Å²) < 4.78 is 14.7. The third-order valence-electron chi connectivity index (χ3n) is 5.57. The fraction of sp³-hybridized carbons (Fsp3) is 0.333. The number of fused-ring (bicyclic) bond motifs is 1. The molecule has 4 aromatic rings. The molecule has 0 bridgehead atoms. The number of ether oxygens (including phenoxy) is 1. The third-order valence-corrected chi connectivity index (χ3v) is 5.57. The number of nitrogens with zero attached hydrogens (tertiary/aromatic N) is 4. The lowest BCUT2D eigenvalue weighted by Crippen LogP contribution is -2.44. The van der Waals surface area contributed by atoms with Gasteiger partial charge < -0.3 is 19.0 Å². The van der Waals surface area contributed by atoms with E-state index in [4.69, 9.17) is 9.15 Å². The molecule has 0 aliphatic carbocycles. The number of carbonyl (C=O) groups is 1. The van der Waals surface area contributed by atoms with Crippen LogP contribution in [0.15, 0.2) is 62.8 Å². The number of furan rings is 1. The van der Waals surface area contributed by atoms with E-state index in [1.807, 2.05) is 37.3 Å². The molecular formula is C24H27N5O5. The zero-order valence-electron chi connectivity index (χ0n) is 19.4. The van der Waals surface area contributed by atoms with Crippen LogP contribution in [0.2, 0.25) is 0 Å². The first-order valence-corrected chi connectivity index (χ1v) is 11.0. The topological polar surface area (TPSA) is 113 Å². The van der Waals surface area contributed by atoms with E-state index in [1.165, 1.54) is 10.9 Å². The van der Waals surface area contributed by atoms with Crippen molar-refractivity contribution >= 4 is 17.1 Å². The summed E-state index contributed by atoms with van der Waals surface area (Å²) in [5.41, 5.74) is 0.208. The number of benzene rings is 1. The molecule has 4 rings (SSSR count). The number of methoxy groups -OCH3 is 1. The van der Waals surface area contributed by atoms with E-state index in [1.54, 1.807) is 30.7 Å². The van der Waals surface area contributed by atoms with Crippen LogP contribution >= 0.6 is 0 Å². The highest BCUT2D eigenvalue weighted by Gasteiger charge is 2.21. The number of hydrogen-bond donors (Lipinski definition) is 1. The fourth-order valence-electron chi connectivity index (χ4n) is 3.83. The molecule has 1 amide bonds. The minimum atomic E-state index is -0.602. The summed E-state index contributed by atoms with van der Waals surface area (Å²) >= 11 is 0. The maximum absolute atomic E-state index is 13.4. The Morgan fingerprint density at radius 3 is 2.59 bits per heavy atom. The fourth-order valence-corrected chi connectivity index (χ4v) is 3.83. The highest BCUT2D eigenvalue weighted by atomic mass is 16.5. The minimum Gasteiger partial charge on any atom is -0.464 e. The first-order chi connectivity index (χ1) is 16.4. The molecule has 1 aromatic carbocycles. The Kier molecular flexibility index (Phi) is 6.78. The molecule has 10 heteroatoms. The highest BCUT2D eigenvalue weighted by molar-refractivity contribution is 5.77. The predicted octanol–water partition coefficient (Wildman–Crippen LogP) is 1.83. The zero-order chi connectivity index (χ0) is 24.2. The summed E-state index contributed by atoms with van der Waals surface area (Å²) in [4.78, 5) is 43.9. The van der Waals surface area contributed by atoms with Crippen molar-refractivity contribution in [2.24, 2.45) is 0 Å². The quantitative estimate of drug-likeness (QED) is 0.404. The Labute approximate surface area is 195 Å². The number of amides is 1. The van der Waals surface area contributed by atoms with E-state index in [9.17, 15) is 14.4 Å². The maximum Gasteiger partial charge on any atom is 0.333 e. The molecule has 3 aromatic heterocycles. The van der Waals surface area contributed by atoms with Crippen LogP contribution in [0.3, 0.4) is 0 Å². The van der Waals surface area contributed by atoms with Crippen molar-refractivity contribution in [1.82, 2.24) is 24.0 Å². The summed E-state index contributed by atoms with van der Waals surface area (Å²) in [6, 6.07) is 12.6. The van der Waals surface area contributed by atoms with Gasteiger partial charge in [0.05, 0.1) is 25.5 Å². The first-order valence-electron chi connectivity index (χ1n) is 11.0. The van der Waals surface area contributed by atoms with E-state index < -0.39 is 29.7 Å². The van der Waals surface area contributed by atoms with Gasteiger partial charge in [0.15, 0.2) is 11.2 Å². The van der Waals surface area contributed by atoms with Gasteiger partial charge in [0, 0.05) is 13.7 Å². The lowest BCUT2D eigenvalue weighted by Gasteiger charge is -2.15. The average molecular weight is 466 g/mol. The number of aromatic nitrogens is 4. The van der Waals surface area contributed by atoms with Crippen LogP contribution in [0, 0.1) is 6.92 Å². The Bertz CT molecular complexity index is 1410. The molecule has 0 aliphatic rings. The lowest BCUT2D eigenvalue weighted by atomic mass is 10.2. The van der Waals surface area contributed by atoms with Crippen LogP contribution in [-0.2, 0) is 29.2 Å². The number of hydrogen-bond acceptors (Lipinski definition) is 6. The Hall–Kier alpha value is -3.92. The molecule has 0 aliphatic heterocycles. The second kappa shape index (κ2) is 9.92. The molecule has 1 N–H and O–H groups in total. The molecule has 0 radical (unpaired) electrons. The monoisotopic (exact) mass is 465 g/mol. The molecule has 10 nitrogen and oxygen atoms in total. The highest BCUT2D eigenvalue weighted by Crippen LogP contribution is 2.15. The van der Waals surface area contributed by atoms with Crippen LogP contribution in [-0.4, -0.2) is 38.3 Å². The van der Waals surface area contributed by atoms with Gasteiger partial charge in [-0.1, -0.05) is 30.3 Å². The standard InChI is InChI=1S/C24H27N5O5/c1-16-9-10-19(34-16)17(2)26-20(30)14-29-23(31)21-22(25-15-27(21)11-12-33-3)28(24(29)32)13-18-7-5-4-6-8-18/h4-10,15,17H,11-14H2,1-3H3,(H,26,30). The number of imidazole rings is 1. The van der Waals surface area contributed by atoms with E-state index >= 15 is 0 Å². The van der Waals surface area contributed by atoms with Gasteiger partial charge in [-0.2, -0.15) is 0 Å². The second-order valence-corrected chi connectivity index (χ2v) is 8.09. The third kappa shape index (κ3) is 4.72.